The summed E-state index contributed by atoms with van der Waals surface area (Å²) in [5.41, 5.74) is 0. The summed E-state index contributed by atoms with van der Waals surface area (Å²) < 4.78 is 11.3. The number of amides is 1. The summed E-state index contributed by atoms with van der Waals surface area (Å²) in [6, 6.07) is -0.716. The molecule has 0 bridgehead atoms. The monoisotopic (exact) mass is 1060 g/mol. The average Bonchev–Trinajstić information content (AvgIpc) is 3.41. The molecule has 1 aliphatic heterocycles. The maximum Gasteiger partial charge on any atom is 0.220 e. The van der Waals surface area contributed by atoms with Crippen LogP contribution in [-0.4, -0.2) is 87.5 Å². The summed E-state index contributed by atoms with van der Waals surface area (Å²) in [5, 5.41) is 54.6. The van der Waals surface area contributed by atoms with Crippen LogP contribution in [0, 0.1) is 0 Å². The number of aliphatic hydroxyl groups excluding tert-OH is 5. The van der Waals surface area contributed by atoms with Crippen LogP contribution in [0.4, 0.5) is 0 Å². The van der Waals surface area contributed by atoms with E-state index in [0.717, 1.165) is 64.2 Å². The van der Waals surface area contributed by atoms with Gasteiger partial charge in [-0.3, -0.25) is 4.79 Å². The van der Waals surface area contributed by atoms with E-state index in [1.807, 2.05) is 0 Å². The van der Waals surface area contributed by atoms with E-state index in [-0.39, 0.29) is 12.5 Å². The van der Waals surface area contributed by atoms with E-state index in [9.17, 15) is 30.3 Å². The van der Waals surface area contributed by atoms with Crippen LogP contribution in [0.25, 0.3) is 0 Å². The van der Waals surface area contributed by atoms with Gasteiger partial charge in [-0.05, 0) is 51.4 Å². The number of aliphatic hydroxyl groups is 5. The van der Waals surface area contributed by atoms with Crippen molar-refractivity contribution in [3.63, 3.8) is 0 Å². The fourth-order valence-electron chi connectivity index (χ4n) is 10.4. The van der Waals surface area contributed by atoms with Crippen LogP contribution in [0.3, 0.4) is 0 Å². The molecule has 0 aromatic rings. The summed E-state index contributed by atoms with van der Waals surface area (Å²) in [5.74, 6) is -0.139. The van der Waals surface area contributed by atoms with Crippen LogP contribution < -0.4 is 5.32 Å². The molecular formula is C66H123NO8. The lowest BCUT2D eigenvalue weighted by atomic mass is 9.99. The molecule has 7 unspecified atom stereocenters. The highest BCUT2D eigenvalue weighted by Crippen LogP contribution is 2.23. The van der Waals surface area contributed by atoms with E-state index in [0.29, 0.717) is 12.8 Å². The molecule has 0 spiro atoms. The maximum absolute atomic E-state index is 13.1. The van der Waals surface area contributed by atoms with Crippen molar-refractivity contribution in [3.8, 4) is 0 Å². The number of hydrogen-bond donors (Lipinski definition) is 6. The second-order valence-corrected chi connectivity index (χ2v) is 22.5. The molecule has 7 atom stereocenters. The normalized spacial score (nSPS) is 19.2. The zero-order chi connectivity index (χ0) is 54.3. The standard InChI is InChI=1S/C66H123NO8/c1-3-5-7-9-11-13-15-17-18-19-20-21-22-23-24-25-26-27-28-29-30-31-32-33-34-35-36-37-38-39-40-41-42-44-46-48-50-52-54-56-62(70)67-59(58-74-66-65(73)64(72)63(71)61(57-68)75-66)60(69)55-53-51-49-47-45-43-16-14-12-10-8-6-4-2/h5,7,11,13,17-18,20-21,59-61,63-66,68-69,71-73H,3-4,6,8-10,12,14-16,19,22-58H2,1-2H3,(H,67,70)/b7-5-,13-11-,18-17-,21-20-. The van der Waals surface area contributed by atoms with E-state index in [1.165, 1.54) is 218 Å². The smallest absolute Gasteiger partial charge is 0.220 e. The van der Waals surface area contributed by atoms with Gasteiger partial charge in [0.2, 0.25) is 5.91 Å². The average molecular weight is 1060 g/mol. The molecule has 1 fully saturated rings. The Hall–Kier alpha value is -1.85. The van der Waals surface area contributed by atoms with Crippen LogP contribution in [0.2, 0.25) is 0 Å². The fourth-order valence-corrected chi connectivity index (χ4v) is 10.4. The van der Waals surface area contributed by atoms with Crippen LogP contribution in [-0.2, 0) is 14.3 Å². The second kappa shape index (κ2) is 55.5. The Balaban J connectivity index is 2.01. The van der Waals surface area contributed by atoms with E-state index >= 15 is 0 Å². The van der Waals surface area contributed by atoms with Crippen molar-refractivity contribution in [3.05, 3.63) is 48.6 Å². The van der Waals surface area contributed by atoms with E-state index in [4.69, 9.17) is 9.47 Å². The Morgan fingerprint density at radius 1 is 0.467 bits per heavy atom. The van der Waals surface area contributed by atoms with Crippen molar-refractivity contribution in [2.24, 2.45) is 0 Å². The third kappa shape index (κ3) is 44.7. The Morgan fingerprint density at radius 2 is 0.827 bits per heavy atom. The first-order chi connectivity index (χ1) is 36.8. The summed E-state index contributed by atoms with van der Waals surface area (Å²) in [6.07, 6.45) is 67.6. The quantitative estimate of drug-likeness (QED) is 0.0261. The molecule has 75 heavy (non-hydrogen) atoms. The number of unbranched alkanes of at least 4 members (excludes halogenated alkanes) is 38. The van der Waals surface area contributed by atoms with Crippen LogP contribution >= 0.6 is 0 Å². The Labute approximate surface area is 463 Å². The zero-order valence-corrected chi connectivity index (χ0v) is 49.1. The molecule has 1 rings (SSSR count). The van der Waals surface area contributed by atoms with Gasteiger partial charge in [0.15, 0.2) is 6.29 Å². The van der Waals surface area contributed by atoms with Gasteiger partial charge in [0.1, 0.15) is 24.4 Å². The number of nitrogens with one attached hydrogen (secondary N) is 1. The molecule has 0 saturated carbocycles. The molecule has 0 aromatic heterocycles. The first kappa shape index (κ1) is 71.2. The van der Waals surface area contributed by atoms with Crippen molar-refractivity contribution >= 4 is 5.91 Å². The van der Waals surface area contributed by atoms with Gasteiger partial charge in [0, 0.05) is 6.42 Å². The molecule has 6 N–H and O–H groups in total. The molecule has 0 radical (unpaired) electrons. The minimum atomic E-state index is -1.55. The van der Waals surface area contributed by atoms with Gasteiger partial charge in [-0.2, -0.15) is 0 Å². The van der Waals surface area contributed by atoms with Crippen LogP contribution in [0.1, 0.15) is 309 Å². The largest absolute Gasteiger partial charge is 0.394 e. The van der Waals surface area contributed by atoms with E-state index < -0.39 is 49.5 Å². The zero-order valence-electron chi connectivity index (χ0n) is 49.1. The topological polar surface area (TPSA) is 149 Å². The number of allylic oxidation sites excluding steroid dienone is 8. The molecule has 9 heteroatoms. The highest BCUT2D eigenvalue weighted by atomic mass is 16.7. The van der Waals surface area contributed by atoms with Crippen LogP contribution in [0.5, 0.6) is 0 Å². The molecule has 1 heterocycles. The Bertz CT molecular complexity index is 1320. The van der Waals surface area contributed by atoms with Gasteiger partial charge in [-0.1, -0.05) is 300 Å². The van der Waals surface area contributed by atoms with E-state index in [1.54, 1.807) is 0 Å². The van der Waals surface area contributed by atoms with Gasteiger partial charge < -0.3 is 40.3 Å². The van der Waals surface area contributed by atoms with Crippen molar-refractivity contribution in [2.75, 3.05) is 13.2 Å². The summed E-state index contributed by atoms with van der Waals surface area (Å²) >= 11 is 0. The SMILES string of the molecule is CC/C=C\C/C=C\C/C=C\C/C=C\CCCCCCCCCCCCCCCCCCCCCCCCCCCCC(=O)NC(COC1OC(CO)C(O)C(O)C1O)C(O)CCCCCCCCCCCCCCC. The van der Waals surface area contributed by atoms with Crippen LogP contribution in [0.15, 0.2) is 48.6 Å². The van der Waals surface area contributed by atoms with Gasteiger partial charge in [0.25, 0.3) is 0 Å². The van der Waals surface area contributed by atoms with Gasteiger partial charge in [-0.15, -0.1) is 0 Å². The first-order valence-corrected chi connectivity index (χ1v) is 32.3. The maximum atomic E-state index is 13.1. The number of rotatable bonds is 56. The third-order valence-corrected chi connectivity index (χ3v) is 15.4. The third-order valence-electron chi connectivity index (χ3n) is 15.4. The minimum Gasteiger partial charge on any atom is -0.394 e. The van der Waals surface area contributed by atoms with Crippen molar-refractivity contribution in [2.45, 2.75) is 352 Å². The lowest BCUT2D eigenvalue weighted by Crippen LogP contribution is -2.60. The second-order valence-electron chi connectivity index (χ2n) is 22.5. The highest BCUT2D eigenvalue weighted by Gasteiger charge is 2.44. The van der Waals surface area contributed by atoms with Crippen molar-refractivity contribution < 1.29 is 39.8 Å². The lowest BCUT2D eigenvalue weighted by molar-refractivity contribution is -0.302. The fraction of sp³-hybridized carbons (Fsp3) is 0.864. The number of carbonyl (C=O) groups excluding carboxylic acids is 1. The van der Waals surface area contributed by atoms with Gasteiger partial charge in [0.05, 0.1) is 25.4 Å². The summed E-state index contributed by atoms with van der Waals surface area (Å²) in [4.78, 5) is 13.1. The molecule has 0 aromatic carbocycles. The molecule has 0 aliphatic carbocycles. The Kier molecular flexibility index (Phi) is 52.6. The lowest BCUT2D eigenvalue weighted by Gasteiger charge is -2.40. The number of hydrogen-bond acceptors (Lipinski definition) is 8. The molecule has 9 nitrogen and oxygen atoms in total. The van der Waals surface area contributed by atoms with Crippen molar-refractivity contribution in [1.29, 1.82) is 0 Å². The highest BCUT2D eigenvalue weighted by molar-refractivity contribution is 5.76. The predicted octanol–water partition coefficient (Wildman–Crippen LogP) is 16.9. The van der Waals surface area contributed by atoms with Gasteiger partial charge in [-0.25, -0.2) is 0 Å². The first-order valence-electron chi connectivity index (χ1n) is 32.3. The molecule has 1 amide bonds. The van der Waals surface area contributed by atoms with Crippen molar-refractivity contribution in [1.82, 2.24) is 5.32 Å². The molecule has 1 saturated heterocycles. The Morgan fingerprint density at radius 3 is 1.23 bits per heavy atom. The number of carbonyl (C=O) groups is 1. The minimum absolute atomic E-state index is 0.134. The van der Waals surface area contributed by atoms with E-state index in [2.05, 4.69) is 67.8 Å². The summed E-state index contributed by atoms with van der Waals surface area (Å²) in [6.45, 7) is 3.75. The van der Waals surface area contributed by atoms with Gasteiger partial charge >= 0.3 is 0 Å². The molecule has 440 valence electrons. The molecule has 1 aliphatic rings. The number of ether oxygens (including phenoxy) is 2. The molecular weight excluding hydrogens is 935 g/mol. The predicted molar refractivity (Wildman–Crippen MR) is 318 cm³/mol. The summed E-state index contributed by atoms with van der Waals surface area (Å²) in [7, 11) is 0.